The van der Waals surface area contributed by atoms with Crippen LogP contribution in [-0.2, 0) is 0 Å². The zero-order valence-corrected chi connectivity index (χ0v) is 8.86. The molecule has 15 heavy (non-hydrogen) atoms. The minimum atomic E-state index is -1.03. The summed E-state index contributed by atoms with van der Waals surface area (Å²) in [7, 11) is 0. The topological polar surface area (TPSA) is 72.5 Å². The van der Waals surface area contributed by atoms with Gasteiger partial charge in [0.25, 0.3) is 0 Å². The Morgan fingerprint density at radius 3 is 2.80 bits per heavy atom. The number of carboxylic acid groups (broad SMARTS) is 1. The molecule has 1 aromatic rings. The van der Waals surface area contributed by atoms with Crippen LogP contribution in [-0.4, -0.2) is 17.2 Å². The van der Waals surface area contributed by atoms with Gasteiger partial charge in [-0.05, 0) is 25.5 Å². The maximum Gasteiger partial charge on any atom is 0.339 e. The number of nitrogens with two attached hydrogens (primary N) is 1. The molecule has 0 saturated carbocycles. The smallest absolute Gasteiger partial charge is 0.339 e. The van der Waals surface area contributed by atoms with E-state index in [9.17, 15) is 4.79 Å². The lowest BCUT2D eigenvalue weighted by Crippen LogP contribution is -2.14. The summed E-state index contributed by atoms with van der Waals surface area (Å²) in [6, 6.07) is 4.71. The van der Waals surface area contributed by atoms with Crippen molar-refractivity contribution < 1.29 is 14.6 Å². The van der Waals surface area contributed by atoms with E-state index in [1.807, 2.05) is 13.8 Å². The number of aromatic carboxylic acids is 1. The van der Waals surface area contributed by atoms with Crippen LogP contribution in [0, 0.1) is 0 Å². The molecule has 1 atom stereocenters. The van der Waals surface area contributed by atoms with Crippen LogP contribution in [0.4, 0.5) is 5.69 Å². The summed E-state index contributed by atoms with van der Waals surface area (Å²) >= 11 is 0. The first kappa shape index (κ1) is 11.4. The number of anilines is 1. The van der Waals surface area contributed by atoms with Gasteiger partial charge < -0.3 is 15.6 Å². The van der Waals surface area contributed by atoms with E-state index < -0.39 is 5.97 Å². The van der Waals surface area contributed by atoms with E-state index in [-0.39, 0.29) is 17.4 Å². The highest BCUT2D eigenvalue weighted by molar-refractivity contribution is 5.93. The monoisotopic (exact) mass is 209 g/mol. The molecule has 0 heterocycles. The molecule has 0 amide bonds. The molecule has 0 bridgehead atoms. The number of hydrogen-bond acceptors (Lipinski definition) is 3. The fraction of sp³-hybridized carbons (Fsp3) is 0.364. The molecule has 4 heteroatoms. The van der Waals surface area contributed by atoms with Crippen molar-refractivity contribution in [2.45, 2.75) is 26.4 Å². The standard InChI is InChI=1S/C11H15NO3/c1-3-7(2)15-10-8(11(13)14)5-4-6-9(10)12/h4-7H,3,12H2,1-2H3,(H,13,14). The Kier molecular flexibility index (Phi) is 3.55. The molecule has 82 valence electrons. The van der Waals surface area contributed by atoms with Crippen molar-refractivity contribution in [3.05, 3.63) is 23.8 Å². The van der Waals surface area contributed by atoms with Crippen LogP contribution >= 0.6 is 0 Å². The van der Waals surface area contributed by atoms with Crippen LogP contribution in [0.5, 0.6) is 5.75 Å². The van der Waals surface area contributed by atoms with Gasteiger partial charge in [-0.25, -0.2) is 4.79 Å². The summed E-state index contributed by atoms with van der Waals surface area (Å²) in [6.07, 6.45) is 0.751. The first-order valence-electron chi connectivity index (χ1n) is 4.84. The summed E-state index contributed by atoms with van der Waals surface area (Å²) in [5.74, 6) is -0.764. The highest BCUT2D eigenvalue weighted by Gasteiger charge is 2.15. The van der Waals surface area contributed by atoms with Gasteiger partial charge in [-0.15, -0.1) is 0 Å². The predicted molar refractivity (Wildman–Crippen MR) is 58.2 cm³/mol. The van der Waals surface area contributed by atoms with Crippen molar-refractivity contribution in [2.75, 3.05) is 5.73 Å². The molecule has 0 aliphatic carbocycles. The number of ether oxygens (including phenoxy) is 1. The molecule has 3 N–H and O–H groups in total. The fourth-order valence-corrected chi connectivity index (χ4v) is 1.14. The lowest BCUT2D eigenvalue weighted by atomic mass is 10.1. The second kappa shape index (κ2) is 4.68. The molecule has 0 aliphatic rings. The summed E-state index contributed by atoms with van der Waals surface area (Å²) in [5.41, 5.74) is 6.14. The number of rotatable bonds is 4. The lowest BCUT2D eigenvalue weighted by molar-refractivity contribution is 0.0690. The van der Waals surface area contributed by atoms with Gasteiger partial charge in [-0.2, -0.15) is 0 Å². The molecule has 0 radical (unpaired) electrons. The Hall–Kier alpha value is -1.71. The Balaban J connectivity index is 3.07. The third-order valence-corrected chi connectivity index (χ3v) is 2.17. The van der Waals surface area contributed by atoms with E-state index >= 15 is 0 Å². The number of carbonyl (C=O) groups is 1. The Morgan fingerprint density at radius 1 is 1.60 bits per heavy atom. The molecular formula is C11H15NO3. The molecule has 1 unspecified atom stereocenters. The lowest BCUT2D eigenvalue weighted by Gasteiger charge is -2.16. The van der Waals surface area contributed by atoms with Crippen molar-refractivity contribution in [1.29, 1.82) is 0 Å². The molecule has 0 aromatic heterocycles. The second-order valence-corrected chi connectivity index (χ2v) is 3.37. The van der Waals surface area contributed by atoms with E-state index in [4.69, 9.17) is 15.6 Å². The number of nitrogen functional groups attached to an aromatic ring is 1. The maximum atomic E-state index is 10.9. The van der Waals surface area contributed by atoms with Gasteiger partial charge in [0.15, 0.2) is 5.75 Å². The van der Waals surface area contributed by atoms with E-state index in [1.54, 1.807) is 12.1 Å². The summed E-state index contributed by atoms with van der Waals surface area (Å²) in [5, 5.41) is 8.94. The molecule has 0 saturated heterocycles. The highest BCUT2D eigenvalue weighted by atomic mass is 16.5. The minimum absolute atomic E-state index is 0.0483. The van der Waals surface area contributed by atoms with Crippen molar-refractivity contribution in [2.24, 2.45) is 0 Å². The molecule has 0 fully saturated rings. The molecule has 1 rings (SSSR count). The van der Waals surface area contributed by atoms with Gasteiger partial charge in [0, 0.05) is 0 Å². The Labute approximate surface area is 88.7 Å². The maximum absolute atomic E-state index is 10.9. The van der Waals surface area contributed by atoms with E-state index in [1.165, 1.54) is 6.07 Å². The van der Waals surface area contributed by atoms with Crippen LogP contribution < -0.4 is 10.5 Å². The van der Waals surface area contributed by atoms with Crippen LogP contribution in [0.2, 0.25) is 0 Å². The Morgan fingerprint density at radius 2 is 2.27 bits per heavy atom. The van der Waals surface area contributed by atoms with Crippen molar-refractivity contribution in [3.63, 3.8) is 0 Å². The van der Waals surface area contributed by atoms with Gasteiger partial charge in [0.05, 0.1) is 11.8 Å². The van der Waals surface area contributed by atoms with Crippen LogP contribution in [0.15, 0.2) is 18.2 Å². The Bertz CT molecular complexity index is 363. The van der Waals surface area contributed by atoms with Crippen molar-refractivity contribution in [3.8, 4) is 5.75 Å². The molecule has 0 spiro atoms. The quantitative estimate of drug-likeness (QED) is 0.745. The van der Waals surface area contributed by atoms with E-state index in [0.29, 0.717) is 5.69 Å². The molecule has 0 aliphatic heterocycles. The number of hydrogen-bond donors (Lipinski definition) is 2. The van der Waals surface area contributed by atoms with Gasteiger partial charge in [-0.3, -0.25) is 0 Å². The zero-order valence-electron chi connectivity index (χ0n) is 8.86. The third kappa shape index (κ3) is 2.62. The summed E-state index contributed by atoms with van der Waals surface area (Å²) < 4.78 is 5.48. The van der Waals surface area contributed by atoms with E-state index in [2.05, 4.69) is 0 Å². The molecule has 1 aromatic carbocycles. The van der Waals surface area contributed by atoms with Gasteiger partial charge in [0.1, 0.15) is 5.56 Å². The summed E-state index contributed by atoms with van der Waals surface area (Å²) in [4.78, 5) is 10.9. The molecule has 4 nitrogen and oxygen atoms in total. The largest absolute Gasteiger partial charge is 0.488 e. The number of para-hydroxylation sites is 1. The average Bonchev–Trinajstić information content (AvgIpc) is 2.20. The van der Waals surface area contributed by atoms with E-state index in [0.717, 1.165) is 6.42 Å². The fourth-order valence-electron chi connectivity index (χ4n) is 1.14. The molecular weight excluding hydrogens is 194 g/mol. The normalized spacial score (nSPS) is 12.1. The summed E-state index contributed by atoms with van der Waals surface area (Å²) in [6.45, 7) is 3.84. The first-order chi connectivity index (χ1) is 7.06. The predicted octanol–water partition coefficient (Wildman–Crippen LogP) is 2.14. The number of carboxylic acids is 1. The third-order valence-electron chi connectivity index (χ3n) is 2.17. The van der Waals surface area contributed by atoms with Crippen molar-refractivity contribution in [1.82, 2.24) is 0 Å². The van der Waals surface area contributed by atoms with Crippen LogP contribution in [0.25, 0.3) is 0 Å². The first-order valence-corrected chi connectivity index (χ1v) is 4.84. The van der Waals surface area contributed by atoms with Crippen molar-refractivity contribution >= 4 is 11.7 Å². The van der Waals surface area contributed by atoms with Crippen LogP contribution in [0.1, 0.15) is 30.6 Å². The number of benzene rings is 1. The van der Waals surface area contributed by atoms with Gasteiger partial charge in [0.2, 0.25) is 0 Å². The highest BCUT2D eigenvalue weighted by Crippen LogP contribution is 2.27. The second-order valence-electron chi connectivity index (χ2n) is 3.37. The average molecular weight is 209 g/mol. The minimum Gasteiger partial charge on any atom is -0.488 e. The van der Waals surface area contributed by atoms with Gasteiger partial charge in [-0.1, -0.05) is 13.0 Å². The van der Waals surface area contributed by atoms with Crippen LogP contribution in [0.3, 0.4) is 0 Å². The SMILES string of the molecule is CCC(C)Oc1c(N)cccc1C(=O)O. The zero-order chi connectivity index (χ0) is 11.4. The van der Waals surface area contributed by atoms with Gasteiger partial charge >= 0.3 is 5.97 Å².